The summed E-state index contributed by atoms with van der Waals surface area (Å²) in [5, 5.41) is 7.15. The number of nitrogens with zero attached hydrogens (tertiary/aromatic N) is 2. The number of carbonyl (C=O) groups excluding carboxylic acids is 1. The Morgan fingerprint density at radius 3 is 2.69 bits per heavy atom. The highest BCUT2D eigenvalue weighted by molar-refractivity contribution is 7.15. The summed E-state index contributed by atoms with van der Waals surface area (Å²) in [4.78, 5) is 16.8. The number of aromatic nitrogens is 2. The molecule has 4 rings (SSSR count). The lowest BCUT2D eigenvalue weighted by molar-refractivity contribution is 0.0767. The summed E-state index contributed by atoms with van der Waals surface area (Å²) in [6, 6.07) is 12.4. The van der Waals surface area contributed by atoms with E-state index >= 15 is 0 Å². The first-order valence-corrected chi connectivity index (χ1v) is 9.28. The van der Waals surface area contributed by atoms with Crippen LogP contribution in [0.4, 0.5) is 4.39 Å². The Kier molecular flexibility index (Phi) is 4.42. The molecule has 4 nitrogen and oxygen atoms in total. The highest BCUT2D eigenvalue weighted by Crippen LogP contribution is 2.27. The van der Waals surface area contributed by atoms with Crippen LogP contribution in [0.1, 0.15) is 27.3 Å². The van der Waals surface area contributed by atoms with E-state index in [2.05, 4.69) is 23.2 Å². The van der Waals surface area contributed by atoms with E-state index in [0.717, 1.165) is 28.1 Å². The van der Waals surface area contributed by atoms with Crippen LogP contribution in [-0.4, -0.2) is 34.1 Å². The number of aryl methyl sites for hydroxylation is 1. The highest BCUT2D eigenvalue weighted by Gasteiger charge is 2.22. The first kappa shape index (κ1) is 16.7. The number of thiophene rings is 1. The minimum Gasteiger partial charge on any atom is -0.333 e. The van der Waals surface area contributed by atoms with Crippen LogP contribution in [-0.2, 0) is 0 Å². The monoisotopic (exact) mass is 367 g/mol. The van der Waals surface area contributed by atoms with Gasteiger partial charge in [0, 0.05) is 18.0 Å². The molecule has 3 heterocycles. The Morgan fingerprint density at radius 2 is 2.04 bits per heavy atom. The van der Waals surface area contributed by atoms with Gasteiger partial charge in [0.25, 0.3) is 5.91 Å². The fourth-order valence-electron chi connectivity index (χ4n) is 3.08. The molecule has 1 aliphatic rings. The Labute approximate surface area is 155 Å². The van der Waals surface area contributed by atoms with Gasteiger partial charge in [-0.1, -0.05) is 18.2 Å². The van der Waals surface area contributed by atoms with Crippen molar-refractivity contribution in [3.8, 4) is 10.6 Å². The number of H-pyrrole nitrogens is 1. The van der Waals surface area contributed by atoms with Crippen molar-refractivity contribution in [2.75, 3.05) is 13.1 Å². The van der Waals surface area contributed by atoms with Gasteiger partial charge >= 0.3 is 0 Å². The molecule has 3 aromatic rings. The van der Waals surface area contributed by atoms with Crippen LogP contribution in [0.15, 0.2) is 48.5 Å². The number of hydrogen-bond donors (Lipinski definition) is 1. The van der Waals surface area contributed by atoms with E-state index in [9.17, 15) is 9.18 Å². The largest absolute Gasteiger partial charge is 0.333 e. The molecule has 0 unspecified atom stereocenters. The number of amides is 1. The Balaban J connectivity index is 1.46. The molecule has 0 saturated carbocycles. The van der Waals surface area contributed by atoms with E-state index in [4.69, 9.17) is 0 Å². The van der Waals surface area contributed by atoms with Gasteiger partial charge in [0.15, 0.2) is 5.69 Å². The summed E-state index contributed by atoms with van der Waals surface area (Å²) in [5.41, 5.74) is 3.45. The van der Waals surface area contributed by atoms with Crippen molar-refractivity contribution in [1.82, 2.24) is 15.1 Å². The van der Waals surface area contributed by atoms with Gasteiger partial charge in [-0.05, 0) is 54.8 Å². The molecule has 0 fully saturated rings. The molecular formula is C20H18FN3OS. The molecule has 1 N–H and O–H groups in total. The van der Waals surface area contributed by atoms with E-state index in [1.165, 1.54) is 17.0 Å². The summed E-state index contributed by atoms with van der Waals surface area (Å²) in [5.74, 6) is -0.313. The number of aromatic amines is 1. The SMILES string of the molecule is Cc1ccc(-c2cc(C(=O)N3CC=C(c4ccc(F)cc4)CC3)n[nH]2)s1. The van der Waals surface area contributed by atoms with E-state index in [-0.39, 0.29) is 11.7 Å². The minimum absolute atomic E-state index is 0.0739. The summed E-state index contributed by atoms with van der Waals surface area (Å²) < 4.78 is 13.1. The van der Waals surface area contributed by atoms with E-state index < -0.39 is 0 Å². The smallest absolute Gasteiger partial charge is 0.274 e. The van der Waals surface area contributed by atoms with Crippen molar-refractivity contribution in [3.05, 3.63) is 70.5 Å². The van der Waals surface area contributed by atoms with Crippen molar-refractivity contribution >= 4 is 22.8 Å². The van der Waals surface area contributed by atoms with Gasteiger partial charge in [0.1, 0.15) is 5.82 Å². The number of nitrogens with one attached hydrogen (secondary N) is 1. The molecule has 1 aliphatic heterocycles. The quantitative estimate of drug-likeness (QED) is 0.740. The predicted molar refractivity (Wildman–Crippen MR) is 102 cm³/mol. The summed E-state index contributed by atoms with van der Waals surface area (Å²) in [7, 11) is 0. The third-order valence-electron chi connectivity index (χ3n) is 4.51. The second kappa shape index (κ2) is 6.88. The standard InChI is InChI=1S/C20H18FN3OS/c1-13-2-7-19(26-13)17-12-18(23-22-17)20(25)24-10-8-15(9-11-24)14-3-5-16(21)6-4-14/h2-8,12H,9-11H2,1H3,(H,22,23). The normalized spacial score (nSPS) is 14.4. The number of rotatable bonds is 3. The zero-order chi connectivity index (χ0) is 18.1. The van der Waals surface area contributed by atoms with Crippen LogP contribution < -0.4 is 0 Å². The maximum atomic E-state index is 13.1. The highest BCUT2D eigenvalue weighted by atomic mass is 32.1. The number of hydrogen-bond acceptors (Lipinski definition) is 3. The van der Waals surface area contributed by atoms with Crippen molar-refractivity contribution < 1.29 is 9.18 Å². The molecule has 0 bridgehead atoms. The third-order valence-corrected chi connectivity index (χ3v) is 5.55. The van der Waals surface area contributed by atoms with Crippen LogP contribution in [0.25, 0.3) is 16.1 Å². The van der Waals surface area contributed by atoms with Gasteiger partial charge in [-0.3, -0.25) is 9.89 Å². The van der Waals surface area contributed by atoms with Gasteiger partial charge in [0.05, 0.1) is 10.6 Å². The number of carbonyl (C=O) groups is 1. The Morgan fingerprint density at radius 1 is 1.23 bits per heavy atom. The molecule has 2 aromatic heterocycles. The number of halogens is 1. The Bertz CT molecular complexity index is 971. The molecule has 0 aliphatic carbocycles. The van der Waals surface area contributed by atoms with Crippen LogP contribution in [0, 0.1) is 12.7 Å². The predicted octanol–water partition coefficient (Wildman–Crippen LogP) is 4.52. The van der Waals surface area contributed by atoms with Crippen molar-refractivity contribution in [2.24, 2.45) is 0 Å². The number of benzene rings is 1. The first-order chi connectivity index (χ1) is 12.6. The van der Waals surface area contributed by atoms with Crippen LogP contribution in [0.5, 0.6) is 0 Å². The topological polar surface area (TPSA) is 49.0 Å². The van der Waals surface area contributed by atoms with Crippen molar-refractivity contribution in [3.63, 3.8) is 0 Å². The summed E-state index contributed by atoms with van der Waals surface area (Å²) in [6.45, 7) is 3.21. The van der Waals surface area contributed by atoms with E-state index in [1.807, 2.05) is 18.2 Å². The van der Waals surface area contributed by atoms with Crippen LogP contribution in [0.2, 0.25) is 0 Å². The van der Waals surface area contributed by atoms with Gasteiger partial charge in [-0.15, -0.1) is 11.3 Å². The molecule has 1 amide bonds. The molecule has 0 saturated heterocycles. The Hall–Kier alpha value is -2.73. The molecule has 0 spiro atoms. The average Bonchev–Trinajstić information content (AvgIpc) is 3.31. The molecule has 0 radical (unpaired) electrons. The molecule has 1 aromatic carbocycles. The summed E-state index contributed by atoms with van der Waals surface area (Å²) in [6.07, 6.45) is 2.78. The van der Waals surface area contributed by atoms with Crippen LogP contribution >= 0.6 is 11.3 Å². The van der Waals surface area contributed by atoms with Gasteiger partial charge in [-0.25, -0.2) is 4.39 Å². The second-order valence-corrected chi connectivity index (χ2v) is 7.60. The first-order valence-electron chi connectivity index (χ1n) is 8.46. The fraction of sp³-hybridized carbons (Fsp3) is 0.200. The third kappa shape index (κ3) is 3.32. The lowest BCUT2D eigenvalue weighted by Crippen LogP contribution is -2.34. The van der Waals surface area contributed by atoms with Crippen molar-refractivity contribution in [1.29, 1.82) is 0 Å². The van der Waals surface area contributed by atoms with Crippen LogP contribution in [0.3, 0.4) is 0 Å². The average molecular weight is 367 g/mol. The molecular weight excluding hydrogens is 349 g/mol. The summed E-state index contributed by atoms with van der Waals surface area (Å²) >= 11 is 1.67. The van der Waals surface area contributed by atoms with Gasteiger partial charge in [-0.2, -0.15) is 5.10 Å². The minimum atomic E-state index is -0.239. The lowest BCUT2D eigenvalue weighted by Gasteiger charge is -2.26. The maximum Gasteiger partial charge on any atom is 0.274 e. The molecule has 0 atom stereocenters. The second-order valence-electron chi connectivity index (χ2n) is 6.31. The lowest BCUT2D eigenvalue weighted by atomic mass is 9.99. The zero-order valence-electron chi connectivity index (χ0n) is 14.3. The van der Waals surface area contributed by atoms with E-state index in [0.29, 0.717) is 18.8 Å². The van der Waals surface area contributed by atoms with Gasteiger partial charge < -0.3 is 4.90 Å². The molecule has 132 valence electrons. The fourth-order valence-corrected chi connectivity index (χ4v) is 3.91. The zero-order valence-corrected chi connectivity index (χ0v) is 15.1. The van der Waals surface area contributed by atoms with Crippen molar-refractivity contribution in [2.45, 2.75) is 13.3 Å². The molecule has 6 heteroatoms. The molecule has 26 heavy (non-hydrogen) atoms. The van der Waals surface area contributed by atoms with E-state index in [1.54, 1.807) is 28.4 Å². The van der Waals surface area contributed by atoms with Gasteiger partial charge in [0.2, 0.25) is 0 Å². The maximum absolute atomic E-state index is 13.1.